The van der Waals surface area contributed by atoms with Crippen molar-refractivity contribution in [1.82, 2.24) is 5.32 Å². The number of nitrogens with one attached hydrogen (secondary N) is 1. The number of rotatable bonds is 3. The monoisotopic (exact) mass is 183 g/mol. The second-order valence-electron chi connectivity index (χ2n) is 4.58. The third kappa shape index (κ3) is 2.98. The molecule has 0 amide bonds. The van der Waals surface area contributed by atoms with Crippen molar-refractivity contribution in [1.29, 1.82) is 0 Å². The minimum absolute atomic E-state index is 0.789. The van der Waals surface area contributed by atoms with Gasteiger partial charge in [-0.25, -0.2) is 0 Å². The van der Waals surface area contributed by atoms with Gasteiger partial charge >= 0.3 is 0 Å². The van der Waals surface area contributed by atoms with E-state index in [0.717, 1.165) is 17.9 Å². The predicted octanol–water partition coefficient (Wildman–Crippen LogP) is 3.20. The van der Waals surface area contributed by atoms with Gasteiger partial charge in [-0.15, -0.1) is 0 Å². The highest BCUT2D eigenvalue weighted by Gasteiger charge is 2.25. The molecule has 13 heavy (non-hydrogen) atoms. The minimum atomic E-state index is 0.789. The van der Waals surface area contributed by atoms with E-state index >= 15 is 0 Å². The number of hydrogen-bond donors (Lipinski definition) is 1. The fourth-order valence-electron chi connectivity index (χ4n) is 2.68. The smallest absolute Gasteiger partial charge is 0.00948 e. The molecule has 78 valence electrons. The Kier molecular flexibility index (Phi) is 4.79. The van der Waals surface area contributed by atoms with E-state index in [1.54, 1.807) is 0 Å². The molecule has 0 aromatic carbocycles. The molecule has 0 heterocycles. The van der Waals surface area contributed by atoms with Crippen LogP contribution in [0.4, 0.5) is 0 Å². The van der Waals surface area contributed by atoms with Crippen molar-refractivity contribution in [2.75, 3.05) is 7.05 Å². The molecule has 1 aliphatic rings. The molecule has 0 aromatic rings. The van der Waals surface area contributed by atoms with E-state index in [0.29, 0.717) is 0 Å². The summed E-state index contributed by atoms with van der Waals surface area (Å²) in [6.07, 6.45) is 8.51. The predicted molar refractivity (Wildman–Crippen MR) is 58.9 cm³/mol. The molecule has 1 saturated carbocycles. The Balaban J connectivity index is 2.53. The summed E-state index contributed by atoms with van der Waals surface area (Å²) < 4.78 is 0. The lowest BCUT2D eigenvalue weighted by molar-refractivity contribution is 0.251. The molecule has 1 fully saturated rings. The zero-order valence-electron chi connectivity index (χ0n) is 9.47. The summed E-state index contributed by atoms with van der Waals surface area (Å²) in [7, 11) is 2.13. The van der Waals surface area contributed by atoms with Crippen LogP contribution in [0.5, 0.6) is 0 Å². The first-order chi connectivity index (χ1) is 6.29. The first-order valence-corrected chi connectivity index (χ1v) is 5.96. The van der Waals surface area contributed by atoms with Gasteiger partial charge in [0.2, 0.25) is 0 Å². The normalized spacial score (nSPS) is 32.5. The third-order valence-electron chi connectivity index (χ3n) is 3.82. The highest BCUT2D eigenvalue weighted by Crippen LogP contribution is 2.30. The van der Waals surface area contributed by atoms with Gasteiger partial charge in [0.05, 0.1) is 0 Å². The van der Waals surface area contributed by atoms with Crippen LogP contribution in [0.15, 0.2) is 0 Å². The average molecular weight is 183 g/mol. The molecule has 1 N–H and O–H groups in total. The molecule has 1 rings (SSSR count). The van der Waals surface area contributed by atoms with Crippen molar-refractivity contribution in [3.05, 3.63) is 0 Å². The number of hydrogen-bond acceptors (Lipinski definition) is 1. The van der Waals surface area contributed by atoms with Crippen molar-refractivity contribution < 1.29 is 0 Å². The molecule has 0 saturated heterocycles. The van der Waals surface area contributed by atoms with E-state index in [1.165, 1.54) is 38.5 Å². The van der Waals surface area contributed by atoms with E-state index in [4.69, 9.17) is 0 Å². The second-order valence-corrected chi connectivity index (χ2v) is 4.58. The van der Waals surface area contributed by atoms with Gasteiger partial charge < -0.3 is 5.32 Å². The fourth-order valence-corrected chi connectivity index (χ4v) is 2.68. The van der Waals surface area contributed by atoms with E-state index in [2.05, 4.69) is 26.2 Å². The van der Waals surface area contributed by atoms with Gasteiger partial charge in [-0.2, -0.15) is 0 Å². The molecule has 0 radical (unpaired) electrons. The third-order valence-corrected chi connectivity index (χ3v) is 3.82. The van der Waals surface area contributed by atoms with Crippen LogP contribution in [-0.4, -0.2) is 13.1 Å². The van der Waals surface area contributed by atoms with Crippen LogP contribution < -0.4 is 5.32 Å². The quantitative estimate of drug-likeness (QED) is 0.663. The van der Waals surface area contributed by atoms with E-state index in [1.807, 2.05) is 0 Å². The molecule has 3 unspecified atom stereocenters. The first-order valence-electron chi connectivity index (χ1n) is 5.96. The highest BCUT2D eigenvalue weighted by atomic mass is 14.9. The van der Waals surface area contributed by atoms with Crippen molar-refractivity contribution in [3.63, 3.8) is 0 Å². The minimum Gasteiger partial charge on any atom is -0.317 e. The second kappa shape index (κ2) is 5.64. The Morgan fingerprint density at radius 3 is 2.54 bits per heavy atom. The van der Waals surface area contributed by atoms with Crippen LogP contribution in [-0.2, 0) is 0 Å². The summed E-state index contributed by atoms with van der Waals surface area (Å²) in [5.41, 5.74) is 0. The van der Waals surface area contributed by atoms with Gasteiger partial charge in [0.25, 0.3) is 0 Å². The molecule has 0 aromatic heterocycles. The Morgan fingerprint density at radius 2 is 1.92 bits per heavy atom. The lowest BCUT2D eigenvalue weighted by Crippen LogP contribution is -2.36. The lowest BCUT2D eigenvalue weighted by Gasteiger charge is -2.29. The van der Waals surface area contributed by atoms with Gasteiger partial charge in [0, 0.05) is 6.04 Å². The Morgan fingerprint density at radius 1 is 1.23 bits per heavy atom. The van der Waals surface area contributed by atoms with Crippen molar-refractivity contribution >= 4 is 0 Å². The van der Waals surface area contributed by atoms with Crippen molar-refractivity contribution in [2.45, 2.75) is 58.4 Å². The summed E-state index contributed by atoms with van der Waals surface area (Å²) >= 11 is 0. The van der Waals surface area contributed by atoms with Gasteiger partial charge in [0.15, 0.2) is 0 Å². The zero-order valence-corrected chi connectivity index (χ0v) is 9.47. The molecule has 1 heteroatoms. The van der Waals surface area contributed by atoms with Crippen LogP contribution in [0.3, 0.4) is 0 Å². The maximum absolute atomic E-state index is 3.51. The molecule has 1 nitrogen and oxygen atoms in total. The lowest BCUT2D eigenvalue weighted by atomic mass is 9.82. The van der Waals surface area contributed by atoms with E-state index in [-0.39, 0.29) is 0 Å². The van der Waals surface area contributed by atoms with Crippen LogP contribution in [0.2, 0.25) is 0 Å². The van der Waals surface area contributed by atoms with Gasteiger partial charge in [0.1, 0.15) is 0 Å². The maximum Gasteiger partial charge on any atom is 0.00948 e. The van der Waals surface area contributed by atoms with Gasteiger partial charge in [-0.1, -0.05) is 39.5 Å². The highest BCUT2D eigenvalue weighted by molar-refractivity contribution is 4.81. The van der Waals surface area contributed by atoms with Crippen molar-refractivity contribution in [2.24, 2.45) is 11.8 Å². The Hall–Kier alpha value is -0.0400. The molecule has 0 spiro atoms. The fraction of sp³-hybridized carbons (Fsp3) is 1.00. The standard InChI is InChI=1S/C12H25N/c1-4-10(2)11-8-6-5-7-9-12(11)13-3/h10-13H,4-9H2,1-3H3. The topological polar surface area (TPSA) is 12.0 Å². The van der Waals surface area contributed by atoms with Crippen LogP contribution >= 0.6 is 0 Å². The molecular formula is C12H25N. The SMILES string of the molecule is CCC(C)C1CCCCCC1NC. The molecule has 0 aliphatic heterocycles. The molecule has 0 bridgehead atoms. The van der Waals surface area contributed by atoms with Crippen LogP contribution in [0.25, 0.3) is 0 Å². The largest absolute Gasteiger partial charge is 0.317 e. The summed E-state index contributed by atoms with van der Waals surface area (Å²) in [4.78, 5) is 0. The molecule has 3 atom stereocenters. The van der Waals surface area contributed by atoms with E-state index in [9.17, 15) is 0 Å². The zero-order chi connectivity index (χ0) is 9.68. The van der Waals surface area contributed by atoms with Crippen molar-refractivity contribution in [3.8, 4) is 0 Å². The Labute approximate surface area is 83.3 Å². The van der Waals surface area contributed by atoms with Crippen LogP contribution in [0.1, 0.15) is 52.4 Å². The Bertz CT molecular complexity index is 133. The summed E-state index contributed by atoms with van der Waals surface area (Å²) in [5.74, 6) is 1.83. The maximum atomic E-state index is 3.51. The van der Waals surface area contributed by atoms with E-state index < -0.39 is 0 Å². The van der Waals surface area contributed by atoms with Crippen LogP contribution in [0, 0.1) is 11.8 Å². The molecular weight excluding hydrogens is 158 g/mol. The summed E-state index contributed by atoms with van der Waals surface area (Å²) in [6.45, 7) is 4.74. The van der Waals surface area contributed by atoms with Gasteiger partial charge in [-0.3, -0.25) is 0 Å². The summed E-state index contributed by atoms with van der Waals surface area (Å²) in [5, 5.41) is 3.51. The average Bonchev–Trinajstić information content (AvgIpc) is 2.41. The first kappa shape index (κ1) is 11.0. The van der Waals surface area contributed by atoms with Gasteiger partial charge in [-0.05, 0) is 31.7 Å². The summed E-state index contributed by atoms with van der Waals surface area (Å²) in [6, 6.07) is 0.789. The molecule has 1 aliphatic carbocycles.